The zero-order chi connectivity index (χ0) is 20.6. The van der Waals surface area contributed by atoms with Crippen molar-refractivity contribution in [3.63, 3.8) is 0 Å². The van der Waals surface area contributed by atoms with E-state index in [0.29, 0.717) is 11.4 Å². The second-order valence-electron chi connectivity index (χ2n) is 7.20. The summed E-state index contributed by atoms with van der Waals surface area (Å²) in [5.74, 6) is -1.81. The number of aryl methyl sites for hydroxylation is 1. The van der Waals surface area contributed by atoms with Crippen molar-refractivity contribution in [2.75, 3.05) is 37.7 Å². The van der Waals surface area contributed by atoms with Gasteiger partial charge in [0.05, 0.1) is 38.8 Å². The van der Waals surface area contributed by atoms with Gasteiger partial charge in [0.25, 0.3) is 5.91 Å². The van der Waals surface area contributed by atoms with Crippen molar-refractivity contribution in [3.8, 4) is 0 Å². The van der Waals surface area contributed by atoms with Gasteiger partial charge >= 0.3 is 12.0 Å². The highest BCUT2D eigenvalue weighted by molar-refractivity contribution is 5.98. The van der Waals surface area contributed by atoms with Gasteiger partial charge in [-0.05, 0) is 12.1 Å². The Morgan fingerprint density at radius 2 is 1.97 bits per heavy atom. The molecule has 29 heavy (non-hydrogen) atoms. The van der Waals surface area contributed by atoms with Crippen LogP contribution in [0.4, 0.5) is 14.5 Å². The number of nitrogens with zero attached hydrogens (tertiary/aromatic N) is 4. The van der Waals surface area contributed by atoms with E-state index in [1.807, 2.05) is 0 Å². The summed E-state index contributed by atoms with van der Waals surface area (Å²) < 4.78 is 41.2. The molecule has 2 aliphatic rings. The quantitative estimate of drug-likeness (QED) is 0.751. The number of carbonyl (C=O) groups excluding carboxylic acids is 2. The highest BCUT2D eigenvalue weighted by Gasteiger charge is 2.58. The molecule has 2 saturated heterocycles. The fraction of sp³-hybridized carbons (Fsp3) is 0.421. The lowest BCUT2D eigenvalue weighted by Crippen LogP contribution is -2.66. The molecule has 2 amide bonds. The first-order valence-electron chi connectivity index (χ1n) is 9.10. The van der Waals surface area contributed by atoms with E-state index in [9.17, 15) is 18.4 Å². The third-order valence-electron chi connectivity index (χ3n) is 5.03. The lowest BCUT2D eigenvalue weighted by molar-refractivity contribution is -0.293. The molecule has 154 valence electrons. The van der Waals surface area contributed by atoms with Crippen molar-refractivity contribution in [2.24, 2.45) is 7.05 Å². The molecule has 0 bridgehead atoms. The molecule has 8 nitrogen and oxygen atoms in total. The van der Waals surface area contributed by atoms with E-state index < -0.39 is 17.6 Å². The number of ether oxygens (including phenoxy) is 2. The maximum Gasteiger partial charge on any atom is 0.437 e. The molecule has 1 spiro atoms. The number of hydrogen-bond donors (Lipinski definition) is 0. The molecular weight excluding hydrogens is 386 g/mol. The fourth-order valence-corrected chi connectivity index (χ4v) is 3.64. The molecule has 1 aromatic carbocycles. The lowest BCUT2D eigenvalue weighted by atomic mass is 10.00. The van der Waals surface area contributed by atoms with Crippen LogP contribution in [0.1, 0.15) is 10.5 Å². The number of alkyl halides is 2. The summed E-state index contributed by atoms with van der Waals surface area (Å²) in [6.45, 7) is -0.113. The molecule has 1 unspecified atom stereocenters. The smallest absolute Gasteiger partial charge is 0.376 e. The van der Waals surface area contributed by atoms with E-state index in [0.717, 1.165) is 4.90 Å². The van der Waals surface area contributed by atoms with Crippen LogP contribution in [-0.4, -0.2) is 70.8 Å². The second-order valence-corrected chi connectivity index (χ2v) is 7.20. The molecule has 4 rings (SSSR count). The summed E-state index contributed by atoms with van der Waals surface area (Å²) in [6.07, 6.45) is -1.14. The Morgan fingerprint density at radius 1 is 1.21 bits per heavy atom. The zero-order valence-corrected chi connectivity index (χ0v) is 15.8. The first-order valence-corrected chi connectivity index (χ1v) is 9.10. The van der Waals surface area contributed by atoms with E-state index in [2.05, 4.69) is 4.98 Å². The topological polar surface area (TPSA) is 76.9 Å². The van der Waals surface area contributed by atoms with Gasteiger partial charge in [0, 0.05) is 19.3 Å². The number of hydrogen-bond acceptors (Lipinski definition) is 5. The van der Waals surface area contributed by atoms with Crippen LogP contribution in [0.15, 0.2) is 42.9 Å². The Balaban J connectivity index is 1.66. The average Bonchev–Trinajstić information content (AvgIpc) is 3.02. The zero-order valence-electron chi connectivity index (χ0n) is 15.8. The summed E-state index contributed by atoms with van der Waals surface area (Å²) in [5.41, 5.74) is -0.924. The standard InChI is InChI=1S/C19H20F2N4O4/c1-23-13-22-9-15(23)16(26)24-7-8-28-12-18(10-24)11-25(14-5-3-2-4-6-14)17(27)19(20,21)29-18/h2-6,9,13H,7-8,10-12H2,1H3. The highest BCUT2D eigenvalue weighted by Crippen LogP contribution is 2.36. The van der Waals surface area contributed by atoms with Gasteiger partial charge in [-0.25, -0.2) is 4.98 Å². The van der Waals surface area contributed by atoms with Crippen LogP contribution in [0.25, 0.3) is 0 Å². The van der Waals surface area contributed by atoms with Gasteiger partial charge in [-0.1, -0.05) is 18.2 Å². The second kappa shape index (κ2) is 7.20. The highest BCUT2D eigenvalue weighted by atomic mass is 19.3. The number of aromatic nitrogens is 2. The molecule has 0 N–H and O–H groups in total. The predicted molar refractivity (Wildman–Crippen MR) is 97.5 cm³/mol. The number of benzene rings is 1. The van der Waals surface area contributed by atoms with Gasteiger partial charge in [0.1, 0.15) is 11.3 Å². The first-order chi connectivity index (χ1) is 13.8. The molecule has 3 heterocycles. The van der Waals surface area contributed by atoms with Crippen LogP contribution in [0.3, 0.4) is 0 Å². The third-order valence-corrected chi connectivity index (χ3v) is 5.03. The van der Waals surface area contributed by atoms with Crippen LogP contribution in [0.5, 0.6) is 0 Å². The van der Waals surface area contributed by atoms with Crippen LogP contribution >= 0.6 is 0 Å². The largest absolute Gasteiger partial charge is 0.437 e. The fourth-order valence-electron chi connectivity index (χ4n) is 3.64. The van der Waals surface area contributed by atoms with Gasteiger partial charge in [-0.3, -0.25) is 14.3 Å². The molecule has 1 atom stereocenters. The third kappa shape index (κ3) is 3.60. The Hall–Kier alpha value is -2.85. The molecule has 2 fully saturated rings. The van der Waals surface area contributed by atoms with E-state index in [1.165, 1.54) is 17.4 Å². The summed E-state index contributed by atoms with van der Waals surface area (Å²) in [6, 6.07) is 8.19. The van der Waals surface area contributed by atoms with Gasteiger partial charge < -0.3 is 19.1 Å². The Bertz CT molecular complexity index is 920. The van der Waals surface area contributed by atoms with Crippen molar-refractivity contribution in [1.29, 1.82) is 0 Å². The van der Waals surface area contributed by atoms with Crippen LogP contribution < -0.4 is 4.90 Å². The van der Waals surface area contributed by atoms with E-state index in [4.69, 9.17) is 9.47 Å². The average molecular weight is 406 g/mol. The normalized spacial score (nSPS) is 24.6. The minimum Gasteiger partial charge on any atom is -0.376 e. The molecule has 2 aliphatic heterocycles. The summed E-state index contributed by atoms with van der Waals surface area (Å²) in [4.78, 5) is 31.6. The Kier molecular flexibility index (Phi) is 4.83. The number of imidazole rings is 1. The molecule has 0 radical (unpaired) electrons. The van der Waals surface area contributed by atoms with Crippen molar-refractivity contribution < 1.29 is 27.8 Å². The summed E-state index contributed by atoms with van der Waals surface area (Å²) in [5, 5.41) is 0. The summed E-state index contributed by atoms with van der Waals surface area (Å²) in [7, 11) is 1.67. The number of halogens is 2. The first kappa shape index (κ1) is 19.5. The van der Waals surface area contributed by atoms with Gasteiger partial charge in [0.15, 0.2) is 0 Å². The van der Waals surface area contributed by atoms with E-state index in [-0.39, 0.29) is 38.8 Å². The van der Waals surface area contributed by atoms with Crippen LogP contribution in [0, 0.1) is 0 Å². The predicted octanol–water partition coefficient (Wildman–Crippen LogP) is 1.29. The number of anilines is 1. The van der Waals surface area contributed by atoms with Crippen molar-refractivity contribution in [3.05, 3.63) is 48.5 Å². The minimum absolute atomic E-state index is 0.150. The van der Waals surface area contributed by atoms with Crippen molar-refractivity contribution in [2.45, 2.75) is 11.7 Å². The van der Waals surface area contributed by atoms with Gasteiger partial charge in [-0.2, -0.15) is 8.78 Å². The molecule has 2 aromatic rings. The summed E-state index contributed by atoms with van der Waals surface area (Å²) >= 11 is 0. The maximum absolute atomic E-state index is 14.6. The number of para-hydroxylation sites is 1. The maximum atomic E-state index is 14.6. The van der Waals surface area contributed by atoms with Gasteiger partial charge in [0.2, 0.25) is 0 Å². The van der Waals surface area contributed by atoms with Gasteiger partial charge in [-0.15, -0.1) is 0 Å². The molecule has 10 heteroatoms. The molecule has 0 aliphatic carbocycles. The van der Waals surface area contributed by atoms with Crippen LogP contribution in [0.2, 0.25) is 0 Å². The monoisotopic (exact) mass is 406 g/mol. The molecular formula is C19H20F2N4O4. The molecule has 0 saturated carbocycles. The number of carbonyl (C=O) groups is 2. The number of morpholine rings is 1. The van der Waals surface area contributed by atoms with E-state index >= 15 is 0 Å². The Labute approximate surface area is 165 Å². The number of rotatable bonds is 2. The minimum atomic E-state index is -4.04. The van der Waals surface area contributed by atoms with E-state index in [1.54, 1.807) is 41.9 Å². The number of amides is 2. The lowest BCUT2D eigenvalue weighted by Gasteiger charge is -2.45. The van der Waals surface area contributed by atoms with Crippen LogP contribution in [-0.2, 0) is 21.3 Å². The molecule has 1 aromatic heterocycles. The van der Waals surface area contributed by atoms with Crippen molar-refractivity contribution in [1.82, 2.24) is 14.5 Å². The SMILES string of the molecule is Cn1cncc1C(=O)N1CCOCC2(C1)CN(c1ccccc1)C(=O)C(F)(F)O2. The Morgan fingerprint density at radius 3 is 2.66 bits per heavy atom. The van der Waals surface area contributed by atoms with Crippen molar-refractivity contribution >= 4 is 17.5 Å².